The number of anilines is 3. The Hall–Kier alpha value is -2.82. The molecule has 1 amide bonds. The van der Waals surface area contributed by atoms with Gasteiger partial charge in [0.15, 0.2) is 5.82 Å². The summed E-state index contributed by atoms with van der Waals surface area (Å²) < 4.78 is 31.6. The van der Waals surface area contributed by atoms with Crippen LogP contribution in [-0.2, 0) is 20.5 Å². The zero-order chi connectivity index (χ0) is 20.6. The van der Waals surface area contributed by atoms with Gasteiger partial charge in [-0.25, -0.2) is 13.2 Å². The lowest BCUT2D eigenvalue weighted by atomic mass is 10.0. The molecule has 1 aliphatic heterocycles. The maximum atomic E-state index is 11.8. The van der Waals surface area contributed by atoms with Crippen molar-refractivity contribution in [3.63, 3.8) is 0 Å². The van der Waals surface area contributed by atoms with Crippen molar-refractivity contribution >= 4 is 33.3 Å². The van der Waals surface area contributed by atoms with E-state index in [1.54, 1.807) is 12.3 Å². The van der Waals surface area contributed by atoms with E-state index in [2.05, 4.69) is 30.5 Å². The summed E-state index contributed by atoms with van der Waals surface area (Å²) in [6, 6.07) is 3.64. The number of alkyl carbamates (subject to hydrolysis) is 1. The second-order valence-corrected chi connectivity index (χ2v) is 9.43. The summed E-state index contributed by atoms with van der Waals surface area (Å²) in [5, 5.41) is 13.2. The zero-order valence-electron chi connectivity index (χ0n) is 16.2. The van der Waals surface area contributed by atoms with Crippen LogP contribution in [0.4, 0.5) is 22.0 Å². The molecule has 4 N–H and O–H groups in total. The standard InChI is InChI=1S/C18H24N6O4S/c1-10(2)20-18(25)28-12-4-3-11(7-12)14-8-16(23-22-14)21-13-5-6-19-15-9-29(26,27)24-17(13)15/h5-6,8,10-12,24H,3-4,7,9H2,1-2H3,(H,20,25)(H2,19,21,22,23)/t11-,12+/m0/s1. The minimum atomic E-state index is -3.38. The fraction of sp³-hybridized carbons (Fsp3) is 0.500. The van der Waals surface area contributed by atoms with Gasteiger partial charge in [-0.1, -0.05) is 0 Å². The molecular weight excluding hydrogens is 396 g/mol. The number of aromatic nitrogens is 3. The largest absolute Gasteiger partial charge is 0.446 e. The first-order chi connectivity index (χ1) is 13.8. The van der Waals surface area contributed by atoms with E-state index in [9.17, 15) is 13.2 Å². The zero-order valence-corrected chi connectivity index (χ0v) is 17.0. The van der Waals surface area contributed by atoms with Crippen molar-refractivity contribution in [1.29, 1.82) is 0 Å². The molecule has 0 spiro atoms. The highest BCUT2D eigenvalue weighted by atomic mass is 32.2. The Balaban J connectivity index is 1.39. The Labute approximate surface area is 168 Å². The van der Waals surface area contributed by atoms with E-state index in [0.29, 0.717) is 22.9 Å². The number of rotatable bonds is 5. The number of carbonyl (C=O) groups is 1. The maximum Gasteiger partial charge on any atom is 0.407 e. The molecule has 29 heavy (non-hydrogen) atoms. The summed E-state index contributed by atoms with van der Waals surface area (Å²) in [4.78, 5) is 15.9. The molecule has 156 valence electrons. The topological polar surface area (TPSA) is 138 Å². The SMILES string of the molecule is CC(C)NC(=O)O[C@@H]1CC[C@H](c2cc(Nc3ccnc4c3NS(=O)(=O)C4)n[nH]2)C1. The second kappa shape index (κ2) is 7.54. The summed E-state index contributed by atoms with van der Waals surface area (Å²) in [5.74, 6) is 0.676. The van der Waals surface area contributed by atoms with Crippen molar-refractivity contribution in [3.05, 3.63) is 29.7 Å². The molecule has 1 aliphatic carbocycles. The number of aromatic amines is 1. The Morgan fingerprint density at radius 1 is 1.34 bits per heavy atom. The minimum absolute atomic E-state index is 0.0417. The molecule has 11 heteroatoms. The number of ether oxygens (including phenoxy) is 1. The molecule has 0 radical (unpaired) electrons. The molecule has 4 rings (SSSR count). The molecule has 0 bridgehead atoms. The van der Waals surface area contributed by atoms with E-state index in [1.807, 2.05) is 19.9 Å². The molecule has 0 aromatic carbocycles. The highest BCUT2D eigenvalue weighted by Crippen LogP contribution is 2.37. The number of carbonyl (C=O) groups excluding carboxylic acids is 1. The number of nitrogens with zero attached hydrogens (tertiary/aromatic N) is 2. The number of H-pyrrole nitrogens is 1. The predicted octanol–water partition coefficient (Wildman–Crippen LogP) is 2.57. The third-order valence-corrected chi connectivity index (χ3v) is 6.15. The molecule has 2 atom stereocenters. The summed E-state index contributed by atoms with van der Waals surface area (Å²) in [7, 11) is -3.38. The van der Waals surface area contributed by atoms with Gasteiger partial charge in [-0.05, 0) is 39.2 Å². The summed E-state index contributed by atoms with van der Waals surface area (Å²) >= 11 is 0. The lowest BCUT2D eigenvalue weighted by Crippen LogP contribution is -2.33. The van der Waals surface area contributed by atoms with Crippen LogP contribution in [0.5, 0.6) is 0 Å². The van der Waals surface area contributed by atoms with Gasteiger partial charge in [-0.2, -0.15) is 5.10 Å². The second-order valence-electron chi connectivity index (χ2n) is 7.71. The first-order valence-electron chi connectivity index (χ1n) is 9.57. The van der Waals surface area contributed by atoms with Gasteiger partial charge in [0.2, 0.25) is 10.0 Å². The van der Waals surface area contributed by atoms with Crippen LogP contribution in [0.1, 0.15) is 50.4 Å². The third-order valence-electron chi connectivity index (χ3n) is 4.98. The monoisotopic (exact) mass is 420 g/mol. The quantitative estimate of drug-likeness (QED) is 0.583. The van der Waals surface area contributed by atoms with Crippen molar-refractivity contribution in [1.82, 2.24) is 20.5 Å². The van der Waals surface area contributed by atoms with E-state index in [-0.39, 0.29) is 29.9 Å². The van der Waals surface area contributed by atoms with Crippen molar-refractivity contribution in [2.24, 2.45) is 0 Å². The third kappa shape index (κ3) is 4.44. The molecule has 10 nitrogen and oxygen atoms in total. The Kier molecular flexibility index (Phi) is 5.07. The normalized spacial score (nSPS) is 22.2. The predicted molar refractivity (Wildman–Crippen MR) is 107 cm³/mol. The van der Waals surface area contributed by atoms with Gasteiger partial charge >= 0.3 is 6.09 Å². The van der Waals surface area contributed by atoms with Crippen molar-refractivity contribution in [2.75, 3.05) is 10.0 Å². The van der Waals surface area contributed by atoms with Crippen molar-refractivity contribution in [3.8, 4) is 0 Å². The molecule has 2 aromatic heterocycles. The Morgan fingerprint density at radius 3 is 2.97 bits per heavy atom. The highest BCUT2D eigenvalue weighted by Gasteiger charge is 2.31. The first kappa shape index (κ1) is 19.5. The van der Waals surface area contributed by atoms with Crippen LogP contribution in [0, 0.1) is 0 Å². The molecule has 0 unspecified atom stereocenters. The number of pyridine rings is 1. The van der Waals surface area contributed by atoms with Gasteiger partial charge in [0.1, 0.15) is 11.9 Å². The molecule has 1 saturated carbocycles. The molecule has 2 aromatic rings. The van der Waals surface area contributed by atoms with Crippen LogP contribution in [0.25, 0.3) is 0 Å². The molecular formula is C18H24N6O4S. The summed E-state index contributed by atoms with van der Waals surface area (Å²) in [6.07, 6.45) is 3.50. The lowest BCUT2D eigenvalue weighted by molar-refractivity contribution is 0.0981. The van der Waals surface area contributed by atoms with Crippen LogP contribution >= 0.6 is 0 Å². The van der Waals surface area contributed by atoms with E-state index in [1.165, 1.54) is 0 Å². The maximum absolute atomic E-state index is 11.8. The van der Waals surface area contributed by atoms with Crippen LogP contribution in [-0.4, -0.2) is 41.8 Å². The summed E-state index contributed by atoms with van der Waals surface area (Å²) in [5.41, 5.74) is 2.50. The van der Waals surface area contributed by atoms with Crippen LogP contribution in [0.15, 0.2) is 18.3 Å². The average molecular weight is 420 g/mol. The van der Waals surface area contributed by atoms with Gasteiger partial charge in [-0.15, -0.1) is 0 Å². The summed E-state index contributed by atoms with van der Waals surface area (Å²) in [6.45, 7) is 3.78. The molecule has 2 aliphatic rings. The number of fused-ring (bicyclic) bond motifs is 1. The number of hydrogen-bond donors (Lipinski definition) is 4. The van der Waals surface area contributed by atoms with Crippen molar-refractivity contribution in [2.45, 2.75) is 56.9 Å². The smallest absolute Gasteiger partial charge is 0.407 e. The molecule has 3 heterocycles. The van der Waals surface area contributed by atoms with Crippen LogP contribution in [0.2, 0.25) is 0 Å². The number of amides is 1. The fourth-order valence-corrected chi connectivity index (χ4v) is 4.89. The van der Waals surface area contributed by atoms with Gasteiger partial charge < -0.3 is 15.4 Å². The number of nitrogens with one attached hydrogen (secondary N) is 4. The first-order valence-corrected chi connectivity index (χ1v) is 11.2. The van der Waals surface area contributed by atoms with Crippen LogP contribution < -0.4 is 15.4 Å². The number of hydrogen-bond acceptors (Lipinski definition) is 7. The molecule has 0 saturated heterocycles. The van der Waals surface area contributed by atoms with Gasteiger partial charge in [0.05, 0.1) is 17.1 Å². The van der Waals surface area contributed by atoms with Crippen molar-refractivity contribution < 1.29 is 17.9 Å². The van der Waals surface area contributed by atoms with E-state index < -0.39 is 10.0 Å². The number of sulfonamides is 1. The molecule has 1 fully saturated rings. The fourth-order valence-electron chi connectivity index (χ4n) is 3.70. The van der Waals surface area contributed by atoms with E-state index in [4.69, 9.17) is 4.74 Å². The van der Waals surface area contributed by atoms with Gasteiger partial charge in [0.25, 0.3) is 0 Å². The van der Waals surface area contributed by atoms with Gasteiger partial charge in [-0.3, -0.25) is 14.8 Å². The Morgan fingerprint density at radius 2 is 2.17 bits per heavy atom. The minimum Gasteiger partial charge on any atom is -0.446 e. The van der Waals surface area contributed by atoms with E-state index >= 15 is 0 Å². The van der Waals surface area contributed by atoms with Gasteiger partial charge in [0, 0.05) is 29.9 Å². The average Bonchev–Trinajstić information content (AvgIpc) is 3.32. The van der Waals surface area contributed by atoms with Crippen LogP contribution in [0.3, 0.4) is 0 Å². The van der Waals surface area contributed by atoms with E-state index in [0.717, 1.165) is 25.0 Å². The highest BCUT2D eigenvalue weighted by molar-refractivity contribution is 7.92. The lowest BCUT2D eigenvalue weighted by Gasteiger charge is -2.14. The Bertz CT molecular complexity index is 1020.